The van der Waals surface area contributed by atoms with E-state index in [2.05, 4.69) is 24.8 Å². The van der Waals surface area contributed by atoms with E-state index in [4.69, 9.17) is 11.6 Å². The van der Waals surface area contributed by atoms with E-state index in [1.807, 2.05) is 0 Å². The van der Waals surface area contributed by atoms with E-state index in [0.29, 0.717) is 10.8 Å². The molecule has 0 bridgehead atoms. The van der Waals surface area contributed by atoms with E-state index in [0.717, 1.165) is 11.3 Å². The molecule has 0 saturated carbocycles. The van der Waals surface area contributed by atoms with E-state index in [9.17, 15) is 13.6 Å². The third-order valence-electron chi connectivity index (χ3n) is 2.40. The summed E-state index contributed by atoms with van der Waals surface area (Å²) in [5.41, 5.74) is 0.576. The van der Waals surface area contributed by atoms with E-state index in [1.165, 1.54) is 25.4 Å². The van der Waals surface area contributed by atoms with Gasteiger partial charge in [0, 0.05) is 0 Å². The highest BCUT2D eigenvalue weighted by atomic mass is 35.5. The van der Waals surface area contributed by atoms with Gasteiger partial charge in [0.1, 0.15) is 5.75 Å². The van der Waals surface area contributed by atoms with Crippen LogP contribution in [0.2, 0.25) is 5.15 Å². The maximum absolute atomic E-state index is 12.0. The van der Waals surface area contributed by atoms with Gasteiger partial charge in [-0.25, -0.2) is 9.78 Å². The van der Waals surface area contributed by atoms with Gasteiger partial charge in [-0.1, -0.05) is 22.9 Å². The Bertz CT molecular complexity index is 652. The molecular weight excluding hydrogens is 340 g/mol. The molecular formula is C12H10ClF2N3O3S. The first kappa shape index (κ1) is 16.4. The van der Waals surface area contributed by atoms with Gasteiger partial charge in [0.2, 0.25) is 0 Å². The summed E-state index contributed by atoms with van der Waals surface area (Å²) in [7, 11) is 1.25. The highest BCUT2D eigenvalue weighted by Gasteiger charge is 2.17. The van der Waals surface area contributed by atoms with Crippen molar-refractivity contribution < 1.29 is 23.0 Å². The summed E-state index contributed by atoms with van der Waals surface area (Å²) in [6.07, 6.45) is 1.19. The Morgan fingerprint density at radius 3 is 2.86 bits per heavy atom. The lowest BCUT2D eigenvalue weighted by molar-refractivity contribution is -0.0500. The molecule has 10 heteroatoms. The number of thiazole rings is 1. The minimum atomic E-state index is -2.89. The van der Waals surface area contributed by atoms with Crippen molar-refractivity contribution in [3.05, 3.63) is 34.1 Å². The molecule has 2 aromatic heterocycles. The second kappa shape index (κ2) is 7.32. The van der Waals surface area contributed by atoms with Crippen LogP contribution >= 0.6 is 22.9 Å². The zero-order chi connectivity index (χ0) is 16.1. The van der Waals surface area contributed by atoms with Crippen molar-refractivity contribution in [3.8, 4) is 5.75 Å². The van der Waals surface area contributed by atoms with Gasteiger partial charge in [0.15, 0.2) is 15.2 Å². The Kier molecular flexibility index (Phi) is 5.45. The number of pyridine rings is 1. The van der Waals surface area contributed by atoms with Crippen LogP contribution in [0, 0.1) is 0 Å². The van der Waals surface area contributed by atoms with Gasteiger partial charge >= 0.3 is 12.6 Å². The predicted octanol–water partition coefficient (Wildman–Crippen LogP) is 3.19. The summed E-state index contributed by atoms with van der Waals surface area (Å²) in [6, 6.07) is 2.91. The van der Waals surface area contributed by atoms with Gasteiger partial charge < -0.3 is 14.8 Å². The van der Waals surface area contributed by atoms with E-state index in [1.54, 1.807) is 0 Å². The molecule has 22 heavy (non-hydrogen) atoms. The molecule has 2 aromatic rings. The van der Waals surface area contributed by atoms with Gasteiger partial charge in [-0.2, -0.15) is 8.78 Å². The van der Waals surface area contributed by atoms with Crippen molar-refractivity contribution in [1.29, 1.82) is 0 Å². The van der Waals surface area contributed by atoms with Crippen molar-refractivity contribution in [1.82, 2.24) is 9.97 Å². The Morgan fingerprint density at radius 2 is 2.27 bits per heavy atom. The maximum atomic E-state index is 12.0. The van der Waals surface area contributed by atoms with Crippen LogP contribution in [0.15, 0.2) is 18.3 Å². The Morgan fingerprint density at radius 1 is 1.50 bits per heavy atom. The van der Waals surface area contributed by atoms with Crippen molar-refractivity contribution >= 4 is 34.0 Å². The lowest BCUT2D eigenvalue weighted by atomic mass is 10.3. The first-order valence-electron chi connectivity index (χ1n) is 5.88. The fourth-order valence-electron chi connectivity index (χ4n) is 1.45. The summed E-state index contributed by atoms with van der Waals surface area (Å²) in [6.45, 7) is -2.61. The molecule has 2 heterocycles. The zero-order valence-electron chi connectivity index (χ0n) is 11.2. The number of nitrogens with one attached hydrogen (secondary N) is 1. The van der Waals surface area contributed by atoms with Crippen LogP contribution in [-0.4, -0.2) is 29.7 Å². The van der Waals surface area contributed by atoms with Crippen LogP contribution in [0.4, 0.5) is 13.9 Å². The maximum Gasteiger partial charge on any atom is 0.387 e. The summed E-state index contributed by atoms with van der Waals surface area (Å²) in [5.74, 6) is -0.591. The first-order chi connectivity index (χ1) is 10.5. The molecule has 1 N–H and O–H groups in total. The molecule has 0 aliphatic heterocycles. The summed E-state index contributed by atoms with van der Waals surface area (Å²) in [4.78, 5) is 19.5. The number of carbonyl (C=O) groups excluding carboxylic acids is 1. The average Bonchev–Trinajstić information content (AvgIpc) is 2.86. The molecule has 0 amide bonds. The lowest BCUT2D eigenvalue weighted by Crippen LogP contribution is -2.04. The summed E-state index contributed by atoms with van der Waals surface area (Å²) in [5, 5.41) is 3.39. The lowest BCUT2D eigenvalue weighted by Gasteiger charge is -2.05. The molecule has 0 aromatic carbocycles. The topological polar surface area (TPSA) is 73.3 Å². The third kappa shape index (κ3) is 4.25. The van der Waals surface area contributed by atoms with Gasteiger partial charge in [0.05, 0.1) is 25.5 Å². The number of esters is 1. The van der Waals surface area contributed by atoms with Crippen molar-refractivity contribution in [3.63, 3.8) is 0 Å². The van der Waals surface area contributed by atoms with Gasteiger partial charge in [-0.3, -0.25) is 4.98 Å². The average molecular weight is 350 g/mol. The van der Waals surface area contributed by atoms with Crippen LogP contribution in [0.1, 0.15) is 15.4 Å². The quantitative estimate of drug-likeness (QED) is 0.807. The number of alkyl halides is 2. The van der Waals surface area contributed by atoms with Crippen LogP contribution < -0.4 is 10.1 Å². The molecule has 6 nitrogen and oxygen atoms in total. The number of nitrogens with zero attached hydrogens (tertiary/aromatic N) is 2. The number of ether oxygens (including phenoxy) is 2. The summed E-state index contributed by atoms with van der Waals surface area (Å²) >= 11 is 6.87. The molecule has 118 valence electrons. The number of hydrogen-bond acceptors (Lipinski definition) is 7. The second-order valence-electron chi connectivity index (χ2n) is 3.85. The van der Waals surface area contributed by atoms with E-state index in [-0.39, 0.29) is 22.3 Å². The largest absolute Gasteiger partial charge is 0.465 e. The molecule has 0 radical (unpaired) electrons. The third-order valence-corrected chi connectivity index (χ3v) is 3.78. The van der Waals surface area contributed by atoms with Crippen LogP contribution in [0.25, 0.3) is 0 Å². The fourth-order valence-corrected chi connectivity index (χ4v) is 2.55. The van der Waals surface area contributed by atoms with Crippen molar-refractivity contribution in [2.75, 3.05) is 12.4 Å². The van der Waals surface area contributed by atoms with Gasteiger partial charge in [-0.05, 0) is 12.1 Å². The van der Waals surface area contributed by atoms with Crippen molar-refractivity contribution in [2.24, 2.45) is 0 Å². The fraction of sp³-hybridized carbons (Fsp3) is 0.250. The second-order valence-corrected chi connectivity index (χ2v) is 5.20. The number of carbonyl (C=O) groups is 1. The Labute approximate surface area is 133 Å². The Hall–Kier alpha value is -2.00. The smallest absolute Gasteiger partial charge is 0.387 e. The monoisotopic (exact) mass is 349 g/mol. The minimum Gasteiger partial charge on any atom is -0.465 e. The van der Waals surface area contributed by atoms with Gasteiger partial charge in [0.25, 0.3) is 0 Å². The number of aromatic nitrogens is 2. The molecule has 2 rings (SSSR count). The minimum absolute atomic E-state index is 0.0241. The van der Waals surface area contributed by atoms with E-state index < -0.39 is 12.6 Å². The predicted molar refractivity (Wildman–Crippen MR) is 76.7 cm³/mol. The highest BCUT2D eigenvalue weighted by molar-refractivity contribution is 7.18. The molecule has 0 spiro atoms. The van der Waals surface area contributed by atoms with Crippen molar-refractivity contribution in [2.45, 2.75) is 13.2 Å². The zero-order valence-corrected chi connectivity index (χ0v) is 12.8. The molecule has 0 unspecified atom stereocenters. The molecule has 0 aliphatic carbocycles. The Balaban J connectivity index is 1.97. The normalized spacial score (nSPS) is 10.6. The highest BCUT2D eigenvalue weighted by Crippen LogP contribution is 2.27. The number of halogens is 3. The van der Waals surface area contributed by atoms with Crippen LogP contribution in [0.5, 0.6) is 5.75 Å². The first-order valence-corrected chi connectivity index (χ1v) is 7.07. The number of rotatable bonds is 6. The number of methoxy groups -OCH3 is 1. The number of hydrogen-bond donors (Lipinski definition) is 1. The van der Waals surface area contributed by atoms with E-state index >= 15 is 0 Å². The molecule has 0 aliphatic rings. The number of anilines is 1. The van der Waals surface area contributed by atoms with Gasteiger partial charge in [-0.15, -0.1) is 0 Å². The standard InChI is InChI=1S/C12H10ClF2N3O3S/c1-20-10(19)8-9(13)18-12(22-8)17-4-6-2-3-7(5-16-6)21-11(14)15/h2-3,5,11H,4H2,1H3,(H,17,18). The van der Waals surface area contributed by atoms with Crippen LogP contribution in [0.3, 0.4) is 0 Å². The van der Waals surface area contributed by atoms with Crippen LogP contribution in [-0.2, 0) is 11.3 Å². The summed E-state index contributed by atoms with van der Waals surface area (Å²) < 4.78 is 32.8. The SMILES string of the molecule is COC(=O)c1sc(NCc2ccc(OC(F)F)cn2)nc1Cl. The molecule has 0 atom stereocenters. The molecule has 0 fully saturated rings. The molecule has 0 saturated heterocycles.